The Morgan fingerprint density at radius 3 is 2.90 bits per heavy atom. The van der Waals surface area contributed by atoms with Crippen molar-refractivity contribution in [3.63, 3.8) is 0 Å². The minimum Gasteiger partial charge on any atom is -0.335 e. The van der Waals surface area contributed by atoms with Crippen LogP contribution in [0.5, 0.6) is 0 Å². The summed E-state index contributed by atoms with van der Waals surface area (Å²) in [4.78, 5) is 18.3. The van der Waals surface area contributed by atoms with Gasteiger partial charge in [0.15, 0.2) is 0 Å². The summed E-state index contributed by atoms with van der Waals surface area (Å²) in [6, 6.07) is 10.2. The molecule has 0 saturated carbocycles. The van der Waals surface area contributed by atoms with Gasteiger partial charge in [0.05, 0.1) is 6.54 Å². The van der Waals surface area contributed by atoms with Crippen molar-refractivity contribution in [2.24, 2.45) is 0 Å². The van der Waals surface area contributed by atoms with E-state index in [9.17, 15) is 4.79 Å². The van der Waals surface area contributed by atoms with Gasteiger partial charge < -0.3 is 4.90 Å². The standard InChI is InChI=1S/C14H16N4OS/c1-20-14-15-12(16-17-14)9-18-8-11(7-13(18)19)10-5-3-2-4-6-10/h2-6,11H,7-9H2,1H3,(H,15,16,17)/t11-/m1/s1. The number of amides is 1. The molecule has 1 aromatic heterocycles. The summed E-state index contributed by atoms with van der Waals surface area (Å²) in [5, 5.41) is 7.66. The van der Waals surface area contributed by atoms with E-state index < -0.39 is 0 Å². The lowest BCUT2D eigenvalue weighted by molar-refractivity contribution is -0.128. The number of carbonyl (C=O) groups is 1. The average molecular weight is 288 g/mol. The molecule has 2 heterocycles. The number of rotatable bonds is 4. The molecule has 1 amide bonds. The smallest absolute Gasteiger partial charge is 0.223 e. The maximum atomic E-state index is 12.1. The molecule has 104 valence electrons. The van der Waals surface area contributed by atoms with Crippen LogP contribution in [0.2, 0.25) is 0 Å². The highest BCUT2D eigenvalue weighted by Gasteiger charge is 2.30. The van der Waals surface area contributed by atoms with Crippen LogP contribution in [0.25, 0.3) is 0 Å². The molecule has 1 aliphatic heterocycles. The molecule has 0 unspecified atom stereocenters. The molecule has 0 bridgehead atoms. The molecule has 1 aromatic carbocycles. The fraction of sp³-hybridized carbons (Fsp3) is 0.357. The number of hydrogen-bond acceptors (Lipinski definition) is 4. The zero-order chi connectivity index (χ0) is 13.9. The molecule has 2 aromatic rings. The summed E-state index contributed by atoms with van der Waals surface area (Å²) < 4.78 is 0. The largest absolute Gasteiger partial charge is 0.335 e. The van der Waals surface area contributed by atoms with Crippen molar-refractivity contribution in [2.75, 3.05) is 12.8 Å². The Balaban J connectivity index is 1.68. The molecule has 1 saturated heterocycles. The molecule has 0 spiro atoms. The van der Waals surface area contributed by atoms with Gasteiger partial charge in [-0.15, -0.1) is 5.10 Å². The van der Waals surface area contributed by atoms with E-state index in [-0.39, 0.29) is 11.8 Å². The predicted molar refractivity (Wildman–Crippen MR) is 77.4 cm³/mol. The lowest BCUT2D eigenvalue weighted by Crippen LogP contribution is -2.25. The van der Waals surface area contributed by atoms with Crippen molar-refractivity contribution in [2.45, 2.75) is 24.0 Å². The van der Waals surface area contributed by atoms with E-state index in [1.54, 1.807) is 0 Å². The Morgan fingerprint density at radius 1 is 1.40 bits per heavy atom. The predicted octanol–water partition coefficient (Wildman–Crippen LogP) is 2.04. The second-order valence-corrected chi connectivity index (χ2v) is 5.63. The SMILES string of the molecule is CSc1n[nH]c(CN2C[C@H](c3ccccc3)CC2=O)n1. The lowest BCUT2D eigenvalue weighted by Gasteiger charge is -2.14. The number of carbonyl (C=O) groups excluding carboxylic acids is 1. The van der Waals surface area contributed by atoms with Crippen molar-refractivity contribution in [1.29, 1.82) is 0 Å². The van der Waals surface area contributed by atoms with Gasteiger partial charge in [-0.3, -0.25) is 9.89 Å². The first-order valence-corrected chi connectivity index (χ1v) is 7.76. The molecule has 20 heavy (non-hydrogen) atoms. The minimum atomic E-state index is 0.181. The van der Waals surface area contributed by atoms with E-state index in [1.165, 1.54) is 17.3 Å². The van der Waals surface area contributed by atoms with Crippen LogP contribution in [0.3, 0.4) is 0 Å². The van der Waals surface area contributed by atoms with Gasteiger partial charge in [-0.2, -0.15) is 0 Å². The van der Waals surface area contributed by atoms with Gasteiger partial charge >= 0.3 is 0 Å². The van der Waals surface area contributed by atoms with E-state index in [0.717, 1.165) is 12.4 Å². The molecule has 1 aliphatic rings. The summed E-state index contributed by atoms with van der Waals surface area (Å²) >= 11 is 1.49. The van der Waals surface area contributed by atoms with E-state index in [4.69, 9.17) is 0 Å². The van der Waals surface area contributed by atoms with Gasteiger partial charge in [0, 0.05) is 18.9 Å². The summed E-state index contributed by atoms with van der Waals surface area (Å²) in [7, 11) is 0. The Bertz CT molecular complexity index is 598. The third kappa shape index (κ3) is 2.70. The van der Waals surface area contributed by atoms with Crippen LogP contribution < -0.4 is 0 Å². The summed E-state index contributed by atoms with van der Waals surface area (Å²) in [5.41, 5.74) is 1.23. The van der Waals surface area contributed by atoms with E-state index in [1.807, 2.05) is 29.4 Å². The zero-order valence-corrected chi connectivity index (χ0v) is 12.1. The maximum Gasteiger partial charge on any atom is 0.223 e. The monoisotopic (exact) mass is 288 g/mol. The number of aromatic amines is 1. The van der Waals surface area contributed by atoms with Gasteiger partial charge in [0.25, 0.3) is 0 Å². The van der Waals surface area contributed by atoms with Gasteiger partial charge in [0.1, 0.15) is 5.82 Å². The van der Waals surface area contributed by atoms with Crippen LogP contribution in [0, 0.1) is 0 Å². The molecule has 3 rings (SSSR count). The molecular weight excluding hydrogens is 272 g/mol. The van der Waals surface area contributed by atoms with E-state index >= 15 is 0 Å². The molecule has 5 nitrogen and oxygen atoms in total. The third-order valence-electron chi connectivity index (χ3n) is 3.52. The highest BCUT2D eigenvalue weighted by molar-refractivity contribution is 7.98. The molecule has 0 radical (unpaired) electrons. The van der Waals surface area contributed by atoms with Gasteiger partial charge in [-0.1, -0.05) is 42.1 Å². The van der Waals surface area contributed by atoms with Crippen molar-refractivity contribution >= 4 is 17.7 Å². The van der Waals surface area contributed by atoms with Gasteiger partial charge in [0.2, 0.25) is 11.1 Å². The van der Waals surface area contributed by atoms with Crippen molar-refractivity contribution in [3.8, 4) is 0 Å². The quantitative estimate of drug-likeness (QED) is 0.875. The number of nitrogens with zero attached hydrogens (tertiary/aromatic N) is 3. The van der Waals surface area contributed by atoms with Crippen LogP contribution in [-0.4, -0.2) is 38.8 Å². The first-order chi connectivity index (χ1) is 9.76. The number of H-pyrrole nitrogens is 1. The number of aromatic nitrogens is 3. The van der Waals surface area contributed by atoms with Crippen molar-refractivity contribution in [1.82, 2.24) is 20.1 Å². The molecule has 1 atom stereocenters. The van der Waals surface area contributed by atoms with Gasteiger partial charge in [-0.05, 0) is 11.8 Å². The molecule has 1 N–H and O–H groups in total. The molecule has 0 aliphatic carbocycles. The summed E-state index contributed by atoms with van der Waals surface area (Å²) in [6.45, 7) is 1.26. The zero-order valence-electron chi connectivity index (χ0n) is 11.2. The highest BCUT2D eigenvalue weighted by atomic mass is 32.2. The van der Waals surface area contributed by atoms with E-state index in [0.29, 0.717) is 18.1 Å². The van der Waals surface area contributed by atoms with E-state index in [2.05, 4.69) is 27.3 Å². The molecule has 6 heteroatoms. The average Bonchev–Trinajstić information content (AvgIpc) is 3.08. The van der Waals surface area contributed by atoms with Gasteiger partial charge in [-0.25, -0.2) is 4.98 Å². The fourth-order valence-corrected chi connectivity index (χ4v) is 2.83. The maximum absolute atomic E-state index is 12.1. The first kappa shape index (κ1) is 13.2. The Morgan fingerprint density at radius 2 is 2.20 bits per heavy atom. The van der Waals surface area contributed by atoms with Crippen LogP contribution in [0.4, 0.5) is 0 Å². The summed E-state index contributed by atoms with van der Waals surface area (Å²) in [5.74, 6) is 1.21. The fourth-order valence-electron chi connectivity index (χ4n) is 2.49. The van der Waals surface area contributed by atoms with Crippen molar-refractivity contribution < 1.29 is 4.79 Å². The number of thioether (sulfide) groups is 1. The highest BCUT2D eigenvalue weighted by Crippen LogP contribution is 2.28. The lowest BCUT2D eigenvalue weighted by atomic mass is 9.99. The van der Waals surface area contributed by atoms with Crippen molar-refractivity contribution in [3.05, 3.63) is 41.7 Å². The second-order valence-electron chi connectivity index (χ2n) is 4.85. The Kier molecular flexibility index (Phi) is 3.73. The van der Waals surface area contributed by atoms with Crippen LogP contribution in [0.1, 0.15) is 23.7 Å². The van der Waals surface area contributed by atoms with Crippen LogP contribution >= 0.6 is 11.8 Å². The number of likely N-dealkylation sites (tertiary alicyclic amines) is 1. The first-order valence-electron chi connectivity index (χ1n) is 6.54. The Labute approximate surface area is 121 Å². The van der Waals surface area contributed by atoms with Crippen LogP contribution in [0.15, 0.2) is 35.5 Å². The van der Waals surface area contributed by atoms with Crippen LogP contribution in [-0.2, 0) is 11.3 Å². The Hall–Kier alpha value is -1.82. The number of hydrogen-bond donors (Lipinski definition) is 1. The topological polar surface area (TPSA) is 61.9 Å². The minimum absolute atomic E-state index is 0.181. The number of benzene rings is 1. The second kappa shape index (κ2) is 5.66. The summed E-state index contributed by atoms with van der Waals surface area (Å²) in [6.07, 6.45) is 2.51. The molecule has 1 fully saturated rings. The normalized spacial score (nSPS) is 18.8. The number of nitrogens with one attached hydrogen (secondary N) is 1. The molecular formula is C14H16N4OS. The third-order valence-corrected chi connectivity index (χ3v) is 4.07.